The van der Waals surface area contributed by atoms with E-state index in [0.29, 0.717) is 30.2 Å². The average molecular weight is 267 g/mol. The molecule has 0 spiro atoms. The standard InChI is InChI=1S/C13H15F2N3O/c1-7-17-11(3-4-16)13(18-7)8-5-10(15)12(19-2)6-9(8)14/h5-6H,3-4,16H2,1-2H3,(H,17,18). The fourth-order valence-corrected chi connectivity index (χ4v) is 1.96. The fourth-order valence-electron chi connectivity index (χ4n) is 1.96. The van der Waals surface area contributed by atoms with Gasteiger partial charge in [0.2, 0.25) is 0 Å². The van der Waals surface area contributed by atoms with E-state index < -0.39 is 11.6 Å². The van der Waals surface area contributed by atoms with E-state index in [9.17, 15) is 8.78 Å². The lowest BCUT2D eigenvalue weighted by Gasteiger charge is -2.07. The minimum atomic E-state index is -0.627. The number of nitrogens with two attached hydrogens (primary N) is 1. The van der Waals surface area contributed by atoms with E-state index in [1.165, 1.54) is 7.11 Å². The van der Waals surface area contributed by atoms with Crippen LogP contribution in [0.25, 0.3) is 11.3 Å². The first-order valence-corrected chi connectivity index (χ1v) is 5.85. The summed E-state index contributed by atoms with van der Waals surface area (Å²) in [5, 5.41) is 0. The van der Waals surface area contributed by atoms with Crippen molar-refractivity contribution in [3.63, 3.8) is 0 Å². The van der Waals surface area contributed by atoms with Crippen LogP contribution >= 0.6 is 0 Å². The van der Waals surface area contributed by atoms with E-state index in [2.05, 4.69) is 9.97 Å². The van der Waals surface area contributed by atoms with Gasteiger partial charge in [0, 0.05) is 23.7 Å². The molecular formula is C13H15F2N3O. The van der Waals surface area contributed by atoms with Crippen LogP contribution in [0.15, 0.2) is 12.1 Å². The maximum absolute atomic E-state index is 14.0. The molecule has 0 saturated heterocycles. The Morgan fingerprint density at radius 2 is 2.05 bits per heavy atom. The van der Waals surface area contributed by atoms with Gasteiger partial charge in [-0.15, -0.1) is 0 Å². The summed E-state index contributed by atoms with van der Waals surface area (Å²) < 4.78 is 32.4. The molecule has 0 aliphatic heterocycles. The number of hydrogen-bond donors (Lipinski definition) is 2. The Labute approximate surface area is 109 Å². The Bertz CT molecular complexity index is 596. The number of H-pyrrole nitrogens is 1. The number of hydrogen-bond acceptors (Lipinski definition) is 3. The normalized spacial score (nSPS) is 10.8. The molecule has 0 amide bonds. The summed E-state index contributed by atoms with van der Waals surface area (Å²) in [6, 6.07) is 2.10. The third-order valence-electron chi connectivity index (χ3n) is 2.79. The molecule has 0 bridgehead atoms. The number of nitrogens with zero attached hydrogens (tertiary/aromatic N) is 1. The van der Waals surface area contributed by atoms with E-state index >= 15 is 0 Å². The van der Waals surface area contributed by atoms with Gasteiger partial charge in [-0.3, -0.25) is 0 Å². The maximum atomic E-state index is 14.0. The largest absolute Gasteiger partial charge is 0.494 e. The fraction of sp³-hybridized carbons (Fsp3) is 0.308. The van der Waals surface area contributed by atoms with Crippen LogP contribution in [-0.2, 0) is 6.42 Å². The first-order valence-electron chi connectivity index (χ1n) is 5.85. The molecule has 0 atom stereocenters. The van der Waals surface area contributed by atoms with Crippen LogP contribution in [0, 0.1) is 18.6 Å². The molecule has 1 aromatic heterocycles. The predicted molar refractivity (Wildman–Crippen MR) is 68.0 cm³/mol. The molecule has 0 unspecified atom stereocenters. The van der Waals surface area contributed by atoms with Crippen molar-refractivity contribution in [3.8, 4) is 17.0 Å². The number of rotatable bonds is 4. The summed E-state index contributed by atoms with van der Waals surface area (Å²) >= 11 is 0. The van der Waals surface area contributed by atoms with Gasteiger partial charge in [0.15, 0.2) is 11.6 Å². The first kappa shape index (κ1) is 13.5. The number of benzene rings is 1. The molecule has 0 saturated carbocycles. The van der Waals surface area contributed by atoms with Crippen LogP contribution in [0.2, 0.25) is 0 Å². The zero-order valence-corrected chi connectivity index (χ0v) is 10.8. The van der Waals surface area contributed by atoms with Gasteiger partial charge in [-0.25, -0.2) is 13.8 Å². The van der Waals surface area contributed by atoms with Crippen LogP contribution in [0.5, 0.6) is 5.75 Å². The summed E-state index contributed by atoms with van der Waals surface area (Å²) in [7, 11) is 1.29. The van der Waals surface area contributed by atoms with E-state index in [4.69, 9.17) is 10.5 Å². The smallest absolute Gasteiger partial charge is 0.165 e. The number of imidazole rings is 1. The zero-order chi connectivity index (χ0) is 14.0. The molecular weight excluding hydrogens is 252 g/mol. The lowest BCUT2D eigenvalue weighted by Crippen LogP contribution is -2.04. The van der Waals surface area contributed by atoms with Crippen molar-refractivity contribution >= 4 is 0 Å². The molecule has 6 heteroatoms. The van der Waals surface area contributed by atoms with Crippen molar-refractivity contribution in [1.29, 1.82) is 0 Å². The van der Waals surface area contributed by atoms with Crippen molar-refractivity contribution in [3.05, 3.63) is 35.3 Å². The number of aryl methyl sites for hydroxylation is 1. The van der Waals surface area contributed by atoms with Crippen LogP contribution in [0.1, 0.15) is 11.5 Å². The van der Waals surface area contributed by atoms with E-state index in [0.717, 1.165) is 12.1 Å². The number of aromatic nitrogens is 2. The van der Waals surface area contributed by atoms with Crippen molar-refractivity contribution in [2.75, 3.05) is 13.7 Å². The number of nitrogens with one attached hydrogen (secondary N) is 1. The SMILES string of the molecule is COc1cc(F)c(-c2nc(C)[nH]c2CCN)cc1F. The van der Waals surface area contributed by atoms with Gasteiger partial charge < -0.3 is 15.5 Å². The van der Waals surface area contributed by atoms with E-state index in [-0.39, 0.29) is 11.3 Å². The molecule has 0 aliphatic carbocycles. The molecule has 0 radical (unpaired) electrons. The van der Waals surface area contributed by atoms with E-state index in [1.54, 1.807) is 6.92 Å². The molecule has 102 valence electrons. The molecule has 3 N–H and O–H groups in total. The highest BCUT2D eigenvalue weighted by molar-refractivity contribution is 5.64. The van der Waals surface area contributed by atoms with Gasteiger partial charge in [0.05, 0.1) is 12.8 Å². The van der Waals surface area contributed by atoms with Crippen molar-refractivity contribution < 1.29 is 13.5 Å². The number of halogens is 2. The lowest BCUT2D eigenvalue weighted by molar-refractivity contribution is 0.383. The van der Waals surface area contributed by atoms with Crippen LogP contribution in [-0.4, -0.2) is 23.6 Å². The highest BCUT2D eigenvalue weighted by Gasteiger charge is 2.17. The Morgan fingerprint density at radius 1 is 1.32 bits per heavy atom. The van der Waals surface area contributed by atoms with Crippen molar-refractivity contribution in [1.82, 2.24) is 9.97 Å². The molecule has 2 aromatic rings. The summed E-state index contributed by atoms with van der Waals surface area (Å²) in [4.78, 5) is 7.21. The van der Waals surface area contributed by atoms with E-state index in [1.807, 2.05) is 0 Å². The van der Waals surface area contributed by atoms with Crippen LogP contribution in [0.3, 0.4) is 0 Å². The summed E-state index contributed by atoms with van der Waals surface area (Å²) in [6.45, 7) is 2.15. The third-order valence-corrected chi connectivity index (χ3v) is 2.79. The lowest BCUT2D eigenvalue weighted by atomic mass is 10.1. The Hall–Kier alpha value is -1.95. The number of ether oxygens (including phenoxy) is 1. The van der Waals surface area contributed by atoms with Crippen LogP contribution in [0.4, 0.5) is 8.78 Å². The van der Waals surface area contributed by atoms with Gasteiger partial charge in [-0.1, -0.05) is 0 Å². The van der Waals surface area contributed by atoms with Crippen molar-refractivity contribution in [2.24, 2.45) is 5.73 Å². The molecule has 0 fully saturated rings. The summed E-state index contributed by atoms with van der Waals surface area (Å²) in [6.07, 6.45) is 0.517. The molecule has 1 aromatic carbocycles. The third kappa shape index (κ3) is 2.58. The van der Waals surface area contributed by atoms with Crippen LogP contribution < -0.4 is 10.5 Å². The first-order chi connectivity index (χ1) is 9.06. The zero-order valence-electron chi connectivity index (χ0n) is 10.8. The second-order valence-electron chi connectivity index (χ2n) is 4.15. The molecule has 0 aliphatic rings. The quantitative estimate of drug-likeness (QED) is 0.892. The number of methoxy groups -OCH3 is 1. The van der Waals surface area contributed by atoms with Gasteiger partial charge >= 0.3 is 0 Å². The molecule has 2 rings (SSSR count). The molecule has 1 heterocycles. The molecule has 19 heavy (non-hydrogen) atoms. The van der Waals surface area contributed by atoms with Gasteiger partial charge in [-0.2, -0.15) is 0 Å². The number of aromatic amines is 1. The Balaban J connectivity index is 2.55. The van der Waals surface area contributed by atoms with Gasteiger partial charge in [0.1, 0.15) is 11.6 Å². The monoisotopic (exact) mass is 267 g/mol. The topological polar surface area (TPSA) is 63.9 Å². The summed E-state index contributed by atoms with van der Waals surface area (Å²) in [5.74, 6) is -0.704. The second kappa shape index (κ2) is 5.36. The highest BCUT2D eigenvalue weighted by Crippen LogP contribution is 2.30. The minimum Gasteiger partial charge on any atom is -0.494 e. The second-order valence-corrected chi connectivity index (χ2v) is 4.15. The average Bonchev–Trinajstić information content (AvgIpc) is 2.73. The van der Waals surface area contributed by atoms with Gasteiger partial charge in [0.25, 0.3) is 0 Å². The molecule has 4 nitrogen and oxygen atoms in total. The predicted octanol–water partition coefficient (Wildman–Crippen LogP) is 2.17. The van der Waals surface area contributed by atoms with Crippen molar-refractivity contribution in [2.45, 2.75) is 13.3 Å². The van der Waals surface area contributed by atoms with Gasteiger partial charge in [-0.05, 0) is 19.5 Å². The Morgan fingerprint density at radius 3 is 2.68 bits per heavy atom. The summed E-state index contributed by atoms with van der Waals surface area (Å²) in [5.41, 5.74) is 6.69. The Kier molecular flexibility index (Phi) is 3.80. The highest BCUT2D eigenvalue weighted by atomic mass is 19.1. The minimum absolute atomic E-state index is 0.103. The maximum Gasteiger partial charge on any atom is 0.165 e.